The molecule has 0 spiro atoms. The molecule has 4 rings (SSSR count). The van der Waals surface area contributed by atoms with Gasteiger partial charge in [-0.2, -0.15) is 5.10 Å². The molecule has 0 radical (unpaired) electrons. The Bertz CT molecular complexity index is 1300. The summed E-state index contributed by atoms with van der Waals surface area (Å²) in [7, 11) is 2.95. The van der Waals surface area contributed by atoms with E-state index in [9.17, 15) is 9.59 Å². The Labute approximate surface area is 171 Å². The van der Waals surface area contributed by atoms with Crippen molar-refractivity contribution >= 4 is 22.3 Å². The van der Waals surface area contributed by atoms with Crippen LogP contribution < -0.4 is 20.3 Å². The zero-order chi connectivity index (χ0) is 21.3. The van der Waals surface area contributed by atoms with Crippen LogP contribution in [0, 0.1) is 0 Å². The van der Waals surface area contributed by atoms with Crippen LogP contribution in [0.25, 0.3) is 16.4 Å². The zero-order valence-corrected chi connectivity index (χ0v) is 16.7. The molecule has 3 heterocycles. The first-order valence-corrected chi connectivity index (χ1v) is 9.23. The highest BCUT2D eigenvalue weighted by atomic mass is 16.5. The molecule has 3 aromatic heterocycles. The van der Waals surface area contributed by atoms with Crippen molar-refractivity contribution in [3.63, 3.8) is 0 Å². The maximum atomic E-state index is 13.0. The summed E-state index contributed by atoms with van der Waals surface area (Å²) in [6.07, 6.45) is 3.34. The van der Waals surface area contributed by atoms with Crippen molar-refractivity contribution < 1.29 is 14.3 Å². The fourth-order valence-electron chi connectivity index (χ4n) is 3.34. The minimum atomic E-state index is -0.445. The Morgan fingerprint density at radius 3 is 2.77 bits per heavy atom. The first-order chi connectivity index (χ1) is 14.5. The molecule has 1 aromatic carbocycles. The molecule has 0 bridgehead atoms. The van der Waals surface area contributed by atoms with E-state index in [0.29, 0.717) is 33.7 Å². The number of nitrogens with zero attached hydrogens (tertiary/aromatic N) is 5. The second kappa shape index (κ2) is 7.82. The van der Waals surface area contributed by atoms with Crippen LogP contribution in [0.4, 0.5) is 0 Å². The van der Waals surface area contributed by atoms with Gasteiger partial charge in [-0.15, -0.1) is 10.2 Å². The quantitative estimate of drug-likeness (QED) is 0.512. The summed E-state index contributed by atoms with van der Waals surface area (Å²) < 4.78 is 13.5. The summed E-state index contributed by atoms with van der Waals surface area (Å²) in [6.45, 7) is 1.54. The Morgan fingerprint density at radius 2 is 2.00 bits per heavy atom. The van der Waals surface area contributed by atoms with Crippen LogP contribution >= 0.6 is 0 Å². The van der Waals surface area contributed by atoms with Gasteiger partial charge in [0.1, 0.15) is 6.54 Å². The molecule has 1 N–H and O–H groups in total. The summed E-state index contributed by atoms with van der Waals surface area (Å²) in [5, 5.41) is 16.1. The third-order valence-corrected chi connectivity index (χ3v) is 4.76. The van der Waals surface area contributed by atoms with E-state index < -0.39 is 11.6 Å². The van der Waals surface area contributed by atoms with E-state index in [1.54, 1.807) is 23.5 Å². The molecule has 10 nitrogen and oxygen atoms in total. The normalized spacial score (nSPS) is 12.1. The smallest absolute Gasteiger partial charge is 0.279 e. The van der Waals surface area contributed by atoms with Gasteiger partial charge in [-0.05, 0) is 31.2 Å². The zero-order valence-electron chi connectivity index (χ0n) is 16.7. The third-order valence-electron chi connectivity index (χ3n) is 4.76. The average molecular weight is 408 g/mol. The Kier molecular flexibility index (Phi) is 5.05. The minimum Gasteiger partial charge on any atom is -0.493 e. The largest absolute Gasteiger partial charge is 0.493 e. The molecule has 30 heavy (non-hydrogen) atoms. The fourth-order valence-corrected chi connectivity index (χ4v) is 3.34. The number of ether oxygens (including phenoxy) is 2. The molecule has 0 aliphatic carbocycles. The van der Waals surface area contributed by atoms with Gasteiger partial charge >= 0.3 is 0 Å². The molecular formula is C20H20N6O4. The van der Waals surface area contributed by atoms with E-state index in [-0.39, 0.29) is 12.5 Å². The van der Waals surface area contributed by atoms with Gasteiger partial charge in [-0.25, -0.2) is 4.68 Å². The Morgan fingerprint density at radius 1 is 1.17 bits per heavy atom. The monoisotopic (exact) mass is 408 g/mol. The van der Waals surface area contributed by atoms with Crippen LogP contribution in [0.15, 0.2) is 47.5 Å². The van der Waals surface area contributed by atoms with E-state index in [4.69, 9.17) is 9.47 Å². The van der Waals surface area contributed by atoms with Gasteiger partial charge in [0, 0.05) is 11.6 Å². The molecule has 4 aromatic rings. The van der Waals surface area contributed by atoms with Crippen molar-refractivity contribution in [3.05, 3.63) is 58.9 Å². The SMILES string of the molecule is COc1ccc2cnn(CC(=O)N[C@@H](C)c3nnc4ccccn34)c(=O)c2c1OC. The fraction of sp³-hybridized carbons (Fsp3) is 0.250. The molecule has 154 valence electrons. The molecule has 1 atom stereocenters. The lowest BCUT2D eigenvalue weighted by Gasteiger charge is -2.14. The number of fused-ring (bicyclic) bond motifs is 2. The topological polar surface area (TPSA) is 113 Å². The van der Waals surface area contributed by atoms with Gasteiger partial charge in [0.25, 0.3) is 5.56 Å². The van der Waals surface area contributed by atoms with Gasteiger partial charge in [0.05, 0.1) is 31.8 Å². The van der Waals surface area contributed by atoms with Crippen LogP contribution in [0.5, 0.6) is 11.5 Å². The number of carbonyl (C=O) groups is 1. The highest BCUT2D eigenvalue weighted by Crippen LogP contribution is 2.32. The number of hydrogen-bond donors (Lipinski definition) is 1. The van der Waals surface area contributed by atoms with Crippen molar-refractivity contribution in [2.45, 2.75) is 19.5 Å². The van der Waals surface area contributed by atoms with Crippen LogP contribution in [0.3, 0.4) is 0 Å². The molecule has 0 aliphatic rings. The first-order valence-electron chi connectivity index (χ1n) is 9.23. The molecular weight excluding hydrogens is 388 g/mol. The molecule has 0 saturated heterocycles. The van der Waals surface area contributed by atoms with Gasteiger partial charge in [-0.1, -0.05) is 6.07 Å². The number of methoxy groups -OCH3 is 2. The maximum Gasteiger partial charge on any atom is 0.279 e. The minimum absolute atomic E-state index is 0.254. The van der Waals surface area contributed by atoms with Gasteiger partial charge in [0.15, 0.2) is 23.0 Å². The summed E-state index contributed by atoms with van der Waals surface area (Å²) >= 11 is 0. The molecule has 1 amide bonds. The maximum absolute atomic E-state index is 13.0. The number of benzene rings is 1. The predicted octanol–water partition coefficient (Wildman–Crippen LogP) is 1.33. The number of aromatic nitrogens is 5. The summed E-state index contributed by atoms with van der Waals surface area (Å²) in [4.78, 5) is 25.6. The van der Waals surface area contributed by atoms with Crippen LogP contribution in [0.2, 0.25) is 0 Å². The van der Waals surface area contributed by atoms with Gasteiger partial charge in [-0.3, -0.25) is 14.0 Å². The van der Waals surface area contributed by atoms with Crippen molar-refractivity contribution in [2.75, 3.05) is 14.2 Å². The third kappa shape index (κ3) is 3.32. The Hall–Kier alpha value is -3.95. The summed E-state index contributed by atoms with van der Waals surface area (Å²) in [5.74, 6) is 0.937. The van der Waals surface area contributed by atoms with Gasteiger partial charge in [0.2, 0.25) is 5.91 Å². The van der Waals surface area contributed by atoms with E-state index in [0.717, 1.165) is 4.68 Å². The van der Waals surface area contributed by atoms with E-state index in [2.05, 4.69) is 20.6 Å². The molecule has 0 unspecified atom stereocenters. The number of rotatable bonds is 6. The summed E-state index contributed by atoms with van der Waals surface area (Å²) in [5.41, 5.74) is 0.237. The van der Waals surface area contributed by atoms with E-state index in [1.807, 2.05) is 24.4 Å². The van der Waals surface area contributed by atoms with Crippen molar-refractivity contribution in [3.8, 4) is 11.5 Å². The lowest BCUT2D eigenvalue weighted by Crippen LogP contribution is -2.35. The van der Waals surface area contributed by atoms with Crippen molar-refractivity contribution in [1.82, 2.24) is 29.7 Å². The lowest BCUT2D eigenvalue weighted by molar-refractivity contribution is -0.122. The second-order valence-corrected chi connectivity index (χ2v) is 6.65. The predicted molar refractivity (Wildman–Crippen MR) is 109 cm³/mol. The number of pyridine rings is 1. The number of carbonyl (C=O) groups excluding carboxylic acids is 1. The van der Waals surface area contributed by atoms with Crippen molar-refractivity contribution in [1.29, 1.82) is 0 Å². The van der Waals surface area contributed by atoms with Crippen LogP contribution in [0.1, 0.15) is 18.8 Å². The molecule has 0 aliphatic heterocycles. The molecule has 0 fully saturated rings. The van der Waals surface area contributed by atoms with E-state index in [1.165, 1.54) is 20.4 Å². The summed E-state index contributed by atoms with van der Waals surface area (Å²) in [6, 6.07) is 8.54. The highest BCUT2D eigenvalue weighted by molar-refractivity contribution is 5.89. The molecule has 10 heteroatoms. The number of amides is 1. The average Bonchev–Trinajstić information content (AvgIpc) is 3.19. The van der Waals surface area contributed by atoms with Crippen molar-refractivity contribution in [2.24, 2.45) is 0 Å². The van der Waals surface area contributed by atoms with Gasteiger partial charge < -0.3 is 14.8 Å². The Balaban J connectivity index is 1.60. The first kappa shape index (κ1) is 19.4. The standard InChI is InChI=1S/C20H20N6O4/c1-12(19-24-23-15-6-4-5-9-25(15)19)22-16(27)11-26-20(28)17-13(10-21-26)7-8-14(29-2)18(17)30-3/h4-10,12H,11H2,1-3H3,(H,22,27)/t12-/m0/s1. The second-order valence-electron chi connectivity index (χ2n) is 6.65. The number of nitrogens with one attached hydrogen (secondary N) is 1. The van der Waals surface area contributed by atoms with Crippen LogP contribution in [-0.2, 0) is 11.3 Å². The highest BCUT2D eigenvalue weighted by Gasteiger charge is 2.19. The lowest BCUT2D eigenvalue weighted by atomic mass is 10.1. The number of hydrogen-bond acceptors (Lipinski definition) is 7. The van der Waals surface area contributed by atoms with Crippen LogP contribution in [-0.4, -0.2) is 44.5 Å². The van der Waals surface area contributed by atoms with E-state index >= 15 is 0 Å². The molecule has 0 saturated carbocycles.